The summed E-state index contributed by atoms with van der Waals surface area (Å²) in [5, 5.41) is 10.0. The first-order valence-electron chi connectivity index (χ1n) is 6.09. The maximum atomic E-state index is 13.7. The maximum absolute atomic E-state index is 13.7. The molecule has 0 radical (unpaired) electrons. The van der Waals surface area contributed by atoms with E-state index in [9.17, 15) is 9.50 Å². The Morgan fingerprint density at radius 1 is 1.16 bits per heavy atom. The highest BCUT2D eigenvalue weighted by atomic mass is 35.5. The number of rotatable bonds is 1. The molecule has 0 aromatic heterocycles. The van der Waals surface area contributed by atoms with Gasteiger partial charge >= 0.3 is 0 Å². The summed E-state index contributed by atoms with van der Waals surface area (Å²) in [5.74, 6) is 0.437. The van der Waals surface area contributed by atoms with Gasteiger partial charge in [0.15, 0.2) is 0 Å². The molecular formula is C15H12ClFO2. The van der Waals surface area contributed by atoms with E-state index in [-0.39, 0.29) is 11.6 Å². The summed E-state index contributed by atoms with van der Waals surface area (Å²) in [6, 6.07) is 7.50. The number of fused-ring (bicyclic) bond motifs is 1. The monoisotopic (exact) mass is 278 g/mol. The Labute approximate surface area is 115 Å². The van der Waals surface area contributed by atoms with Gasteiger partial charge in [-0.25, -0.2) is 4.39 Å². The van der Waals surface area contributed by atoms with Gasteiger partial charge in [-0.05, 0) is 48.7 Å². The molecule has 1 aliphatic heterocycles. The fourth-order valence-corrected chi connectivity index (χ4v) is 2.58. The number of phenolic OH excluding ortho intramolecular Hbond substituents is 1. The van der Waals surface area contributed by atoms with Crippen LogP contribution in [0.1, 0.15) is 12.0 Å². The van der Waals surface area contributed by atoms with Gasteiger partial charge in [0.05, 0.1) is 6.61 Å². The predicted molar refractivity (Wildman–Crippen MR) is 72.3 cm³/mol. The normalized spacial score (nSPS) is 13.8. The third-order valence-corrected chi connectivity index (χ3v) is 3.54. The number of hydrogen-bond donors (Lipinski definition) is 1. The van der Waals surface area contributed by atoms with Gasteiger partial charge in [-0.15, -0.1) is 0 Å². The highest BCUT2D eigenvalue weighted by molar-refractivity contribution is 6.33. The predicted octanol–water partition coefficient (Wildman–Crippen LogP) is 4.18. The fraction of sp³-hybridized carbons (Fsp3) is 0.200. The van der Waals surface area contributed by atoms with Crippen LogP contribution >= 0.6 is 11.6 Å². The van der Waals surface area contributed by atoms with Gasteiger partial charge in [0.25, 0.3) is 0 Å². The Balaban J connectivity index is 2.24. The van der Waals surface area contributed by atoms with Crippen molar-refractivity contribution < 1.29 is 14.2 Å². The average Bonchev–Trinajstić information content (AvgIpc) is 2.40. The number of phenols is 1. The van der Waals surface area contributed by atoms with Crippen molar-refractivity contribution in [3.05, 3.63) is 46.7 Å². The van der Waals surface area contributed by atoms with Gasteiger partial charge < -0.3 is 9.84 Å². The molecule has 2 aromatic rings. The van der Waals surface area contributed by atoms with Gasteiger partial charge in [0.2, 0.25) is 0 Å². The number of benzene rings is 2. The number of aryl methyl sites for hydroxylation is 1. The molecule has 0 bridgehead atoms. The summed E-state index contributed by atoms with van der Waals surface area (Å²) in [6.07, 6.45) is 1.67. The van der Waals surface area contributed by atoms with Crippen LogP contribution in [0.5, 0.6) is 11.5 Å². The minimum absolute atomic E-state index is 0.0909. The molecular weight excluding hydrogens is 267 g/mol. The standard InChI is InChI=1S/C15H12ClFO2/c16-14-4-3-11(18)8-12(14)13-7-10(17)6-9-2-1-5-19-15(9)13/h3-4,6-8,18H,1-2,5H2. The third kappa shape index (κ3) is 2.26. The number of hydrogen-bond acceptors (Lipinski definition) is 2. The minimum Gasteiger partial charge on any atom is -0.508 e. The van der Waals surface area contributed by atoms with E-state index in [2.05, 4.69) is 0 Å². The zero-order valence-corrected chi connectivity index (χ0v) is 10.9. The lowest BCUT2D eigenvalue weighted by Gasteiger charge is -2.21. The second-order valence-corrected chi connectivity index (χ2v) is 4.96. The zero-order chi connectivity index (χ0) is 13.4. The average molecular weight is 279 g/mol. The molecule has 0 unspecified atom stereocenters. The van der Waals surface area contributed by atoms with Crippen molar-refractivity contribution in [1.29, 1.82) is 0 Å². The van der Waals surface area contributed by atoms with Crippen LogP contribution in [0.3, 0.4) is 0 Å². The molecule has 0 atom stereocenters. The summed E-state index contributed by atoms with van der Waals surface area (Å²) in [4.78, 5) is 0. The molecule has 1 aliphatic rings. The molecule has 0 amide bonds. The van der Waals surface area contributed by atoms with Crippen molar-refractivity contribution in [2.75, 3.05) is 6.61 Å². The quantitative estimate of drug-likeness (QED) is 0.848. The molecule has 4 heteroatoms. The van der Waals surface area contributed by atoms with Gasteiger partial charge in [-0.1, -0.05) is 11.6 Å². The van der Waals surface area contributed by atoms with E-state index in [1.165, 1.54) is 24.3 Å². The van der Waals surface area contributed by atoms with E-state index in [0.29, 0.717) is 28.5 Å². The minimum atomic E-state index is -0.321. The summed E-state index contributed by atoms with van der Waals surface area (Å²) in [5.41, 5.74) is 2.02. The van der Waals surface area contributed by atoms with Crippen molar-refractivity contribution in [3.8, 4) is 22.6 Å². The number of halogens is 2. The zero-order valence-electron chi connectivity index (χ0n) is 10.1. The number of ether oxygens (including phenoxy) is 1. The molecule has 0 spiro atoms. The SMILES string of the molecule is Oc1ccc(Cl)c(-c2cc(F)cc3c2OCCC3)c1. The van der Waals surface area contributed by atoms with E-state index in [0.717, 1.165) is 18.4 Å². The Hall–Kier alpha value is -1.74. The lowest BCUT2D eigenvalue weighted by atomic mass is 9.97. The molecule has 19 heavy (non-hydrogen) atoms. The Bertz CT molecular complexity index is 640. The molecule has 1 heterocycles. The van der Waals surface area contributed by atoms with Crippen molar-refractivity contribution in [1.82, 2.24) is 0 Å². The van der Waals surface area contributed by atoms with Crippen molar-refractivity contribution in [2.45, 2.75) is 12.8 Å². The summed E-state index contributed by atoms with van der Waals surface area (Å²) in [6.45, 7) is 0.613. The lowest BCUT2D eigenvalue weighted by molar-refractivity contribution is 0.289. The lowest BCUT2D eigenvalue weighted by Crippen LogP contribution is -2.10. The summed E-state index contributed by atoms with van der Waals surface area (Å²) in [7, 11) is 0. The molecule has 3 rings (SSSR count). The first-order valence-corrected chi connectivity index (χ1v) is 6.47. The first kappa shape index (κ1) is 12.3. The molecule has 1 N–H and O–H groups in total. The van der Waals surface area contributed by atoms with Gasteiger partial charge in [-0.3, -0.25) is 0 Å². The second kappa shape index (κ2) is 4.74. The van der Waals surface area contributed by atoms with E-state index in [1.807, 2.05) is 0 Å². The fourth-order valence-electron chi connectivity index (χ4n) is 2.36. The van der Waals surface area contributed by atoms with Crippen molar-refractivity contribution in [3.63, 3.8) is 0 Å². The molecule has 0 aliphatic carbocycles. The third-order valence-electron chi connectivity index (χ3n) is 3.21. The highest BCUT2D eigenvalue weighted by Gasteiger charge is 2.19. The van der Waals surface area contributed by atoms with Crippen LogP contribution in [0.15, 0.2) is 30.3 Å². The van der Waals surface area contributed by atoms with Crippen LogP contribution in [0.4, 0.5) is 4.39 Å². The van der Waals surface area contributed by atoms with Gasteiger partial charge in [0.1, 0.15) is 17.3 Å². The smallest absolute Gasteiger partial charge is 0.130 e. The largest absolute Gasteiger partial charge is 0.508 e. The van der Waals surface area contributed by atoms with E-state index >= 15 is 0 Å². The molecule has 0 fully saturated rings. The van der Waals surface area contributed by atoms with Gasteiger partial charge in [0, 0.05) is 16.1 Å². The molecule has 2 aromatic carbocycles. The summed E-state index contributed by atoms with van der Waals surface area (Å²) < 4.78 is 19.4. The Kier molecular flexibility index (Phi) is 3.07. The van der Waals surface area contributed by atoms with Crippen LogP contribution in [-0.2, 0) is 6.42 Å². The Morgan fingerprint density at radius 3 is 2.84 bits per heavy atom. The van der Waals surface area contributed by atoms with Crippen LogP contribution in [0.25, 0.3) is 11.1 Å². The number of aromatic hydroxyl groups is 1. The van der Waals surface area contributed by atoms with E-state index in [4.69, 9.17) is 16.3 Å². The van der Waals surface area contributed by atoms with Crippen LogP contribution in [0.2, 0.25) is 5.02 Å². The van der Waals surface area contributed by atoms with E-state index in [1.54, 1.807) is 6.07 Å². The van der Waals surface area contributed by atoms with Crippen LogP contribution < -0.4 is 4.74 Å². The summed E-state index contributed by atoms with van der Waals surface area (Å²) >= 11 is 6.14. The second-order valence-electron chi connectivity index (χ2n) is 4.56. The van der Waals surface area contributed by atoms with E-state index < -0.39 is 0 Å². The van der Waals surface area contributed by atoms with Crippen LogP contribution in [0, 0.1) is 5.82 Å². The first-order chi connectivity index (χ1) is 9.15. The van der Waals surface area contributed by atoms with Crippen molar-refractivity contribution >= 4 is 11.6 Å². The molecule has 0 saturated carbocycles. The highest BCUT2D eigenvalue weighted by Crippen LogP contribution is 2.41. The van der Waals surface area contributed by atoms with Gasteiger partial charge in [-0.2, -0.15) is 0 Å². The molecule has 0 saturated heterocycles. The Morgan fingerprint density at radius 2 is 2.00 bits per heavy atom. The molecule has 2 nitrogen and oxygen atoms in total. The topological polar surface area (TPSA) is 29.5 Å². The van der Waals surface area contributed by atoms with Crippen LogP contribution in [-0.4, -0.2) is 11.7 Å². The maximum Gasteiger partial charge on any atom is 0.130 e. The van der Waals surface area contributed by atoms with Crippen molar-refractivity contribution in [2.24, 2.45) is 0 Å². The molecule has 98 valence electrons.